The molecule has 0 aliphatic carbocycles. The Morgan fingerprint density at radius 3 is 1.75 bits per heavy atom. The molecule has 5 heteroatoms. The summed E-state index contributed by atoms with van der Waals surface area (Å²) in [5.41, 5.74) is 0. The number of likely N-dealkylation sites (N-methyl/N-ethyl adjacent to an activating group) is 1. The monoisotopic (exact) mass is 401 g/mol. The standard InChI is InChI=1S/C23H47NO4/c1-6-10-14-25-19-20-22(27-16-12-8-3)23(28-17-13-9-4)21(18-24(20)5)26-15-11-7-2/h20-23H,6-19H2,1-5H3. The predicted molar refractivity (Wildman–Crippen MR) is 116 cm³/mol. The van der Waals surface area contributed by atoms with Crippen LogP contribution in [-0.2, 0) is 18.9 Å². The van der Waals surface area contributed by atoms with E-state index >= 15 is 0 Å². The first-order valence-corrected chi connectivity index (χ1v) is 11.8. The van der Waals surface area contributed by atoms with Crippen molar-refractivity contribution in [2.24, 2.45) is 0 Å². The molecule has 0 aromatic carbocycles. The molecule has 0 bridgehead atoms. The van der Waals surface area contributed by atoms with Gasteiger partial charge in [-0.05, 0) is 32.7 Å². The van der Waals surface area contributed by atoms with Crippen LogP contribution in [0.2, 0.25) is 0 Å². The van der Waals surface area contributed by atoms with E-state index in [1.54, 1.807) is 0 Å². The lowest BCUT2D eigenvalue weighted by molar-refractivity contribution is -0.197. The number of ether oxygens (including phenoxy) is 4. The number of unbranched alkanes of at least 4 members (excludes halogenated alkanes) is 4. The van der Waals surface area contributed by atoms with Crippen molar-refractivity contribution in [1.82, 2.24) is 4.90 Å². The van der Waals surface area contributed by atoms with Gasteiger partial charge in [0.05, 0.1) is 18.8 Å². The summed E-state index contributed by atoms with van der Waals surface area (Å²) in [4.78, 5) is 2.36. The van der Waals surface area contributed by atoms with Crippen molar-refractivity contribution in [2.75, 3.05) is 46.6 Å². The van der Waals surface area contributed by atoms with Crippen molar-refractivity contribution in [2.45, 2.75) is 103 Å². The number of piperidine rings is 1. The van der Waals surface area contributed by atoms with Crippen molar-refractivity contribution < 1.29 is 18.9 Å². The molecule has 0 N–H and O–H groups in total. The molecular formula is C23H47NO4. The third kappa shape index (κ3) is 9.53. The van der Waals surface area contributed by atoms with Gasteiger partial charge in [-0.15, -0.1) is 0 Å². The Morgan fingerprint density at radius 2 is 1.18 bits per heavy atom. The van der Waals surface area contributed by atoms with E-state index in [0.717, 1.165) is 84.3 Å². The Bertz CT molecular complexity index is 355. The van der Waals surface area contributed by atoms with Crippen molar-refractivity contribution in [3.05, 3.63) is 0 Å². The lowest BCUT2D eigenvalue weighted by atomic mass is 9.93. The largest absolute Gasteiger partial charge is 0.380 e. The molecule has 0 saturated carbocycles. The minimum Gasteiger partial charge on any atom is -0.380 e. The lowest BCUT2D eigenvalue weighted by Crippen LogP contribution is -2.63. The second kappa shape index (κ2) is 16.6. The van der Waals surface area contributed by atoms with Gasteiger partial charge in [-0.25, -0.2) is 0 Å². The summed E-state index contributed by atoms with van der Waals surface area (Å²) in [6, 6.07) is 0.214. The third-order valence-electron chi connectivity index (χ3n) is 5.48. The van der Waals surface area contributed by atoms with Crippen LogP contribution in [-0.4, -0.2) is 75.9 Å². The molecule has 1 heterocycles. The minimum atomic E-state index is -0.0174. The number of nitrogens with zero attached hydrogens (tertiary/aromatic N) is 1. The second-order valence-corrected chi connectivity index (χ2v) is 8.08. The Labute approximate surface area is 174 Å². The minimum absolute atomic E-state index is 0.00425. The van der Waals surface area contributed by atoms with Crippen molar-refractivity contribution in [3.8, 4) is 0 Å². The van der Waals surface area contributed by atoms with Crippen LogP contribution >= 0.6 is 0 Å². The first kappa shape index (κ1) is 25.8. The number of hydrogen-bond acceptors (Lipinski definition) is 5. The topological polar surface area (TPSA) is 40.2 Å². The Balaban J connectivity index is 2.84. The van der Waals surface area contributed by atoms with Gasteiger partial charge in [-0.2, -0.15) is 0 Å². The molecule has 4 atom stereocenters. The third-order valence-corrected chi connectivity index (χ3v) is 5.48. The maximum atomic E-state index is 6.42. The van der Waals surface area contributed by atoms with Crippen LogP contribution in [0.3, 0.4) is 0 Å². The predicted octanol–water partition coefficient (Wildman–Crippen LogP) is 4.67. The molecule has 168 valence electrons. The van der Waals surface area contributed by atoms with Crippen molar-refractivity contribution in [1.29, 1.82) is 0 Å². The van der Waals surface area contributed by atoms with Crippen LogP contribution in [0.25, 0.3) is 0 Å². The van der Waals surface area contributed by atoms with Gasteiger partial charge in [0.15, 0.2) is 0 Å². The molecule has 0 spiro atoms. The van der Waals surface area contributed by atoms with E-state index in [1.165, 1.54) is 0 Å². The zero-order chi connectivity index (χ0) is 20.6. The highest BCUT2D eigenvalue weighted by Gasteiger charge is 2.44. The van der Waals surface area contributed by atoms with Crippen LogP contribution in [0, 0.1) is 0 Å². The Morgan fingerprint density at radius 1 is 0.679 bits per heavy atom. The number of likely N-dealkylation sites (tertiary alicyclic amines) is 1. The van der Waals surface area contributed by atoms with Crippen molar-refractivity contribution in [3.63, 3.8) is 0 Å². The summed E-state index contributed by atoms with van der Waals surface area (Å²) < 4.78 is 25.1. The van der Waals surface area contributed by atoms with Crippen LogP contribution < -0.4 is 0 Å². The number of hydrogen-bond donors (Lipinski definition) is 0. The molecule has 1 aliphatic rings. The second-order valence-electron chi connectivity index (χ2n) is 8.08. The lowest BCUT2D eigenvalue weighted by Gasteiger charge is -2.47. The van der Waals surface area contributed by atoms with Gasteiger partial charge in [0, 0.05) is 33.0 Å². The summed E-state index contributed by atoms with van der Waals surface area (Å²) in [5.74, 6) is 0. The van der Waals surface area contributed by atoms with Gasteiger partial charge in [-0.1, -0.05) is 53.4 Å². The fourth-order valence-corrected chi connectivity index (χ4v) is 3.54. The van der Waals surface area contributed by atoms with Gasteiger partial charge in [0.1, 0.15) is 12.2 Å². The molecule has 1 rings (SSSR count). The maximum absolute atomic E-state index is 6.42. The SMILES string of the molecule is CCCCOCC1C(OCCCC)C(OCCCC)C(OCCCC)CN1C. The highest BCUT2D eigenvalue weighted by atomic mass is 16.6. The van der Waals surface area contributed by atoms with E-state index in [9.17, 15) is 0 Å². The van der Waals surface area contributed by atoms with Crippen LogP contribution in [0.15, 0.2) is 0 Å². The maximum Gasteiger partial charge on any atom is 0.113 e. The fraction of sp³-hybridized carbons (Fsp3) is 1.00. The summed E-state index contributed by atoms with van der Waals surface area (Å²) in [7, 11) is 2.17. The first-order valence-electron chi connectivity index (χ1n) is 11.8. The zero-order valence-corrected chi connectivity index (χ0v) is 19.3. The van der Waals surface area contributed by atoms with E-state index < -0.39 is 0 Å². The smallest absolute Gasteiger partial charge is 0.113 e. The fourth-order valence-electron chi connectivity index (χ4n) is 3.54. The molecule has 28 heavy (non-hydrogen) atoms. The zero-order valence-electron chi connectivity index (χ0n) is 19.3. The molecule has 0 radical (unpaired) electrons. The molecule has 0 aromatic rings. The quantitative estimate of drug-likeness (QED) is 0.331. The highest BCUT2D eigenvalue weighted by molar-refractivity contribution is 4.96. The Kier molecular flexibility index (Phi) is 15.3. The van der Waals surface area contributed by atoms with E-state index in [4.69, 9.17) is 18.9 Å². The molecule has 1 fully saturated rings. The molecule has 1 saturated heterocycles. The molecule has 0 aromatic heterocycles. The van der Waals surface area contributed by atoms with Gasteiger partial charge < -0.3 is 18.9 Å². The van der Waals surface area contributed by atoms with Crippen LogP contribution in [0.1, 0.15) is 79.1 Å². The Hall–Kier alpha value is -0.200. The molecule has 0 amide bonds. The molecular weight excluding hydrogens is 354 g/mol. The average molecular weight is 402 g/mol. The van der Waals surface area contributed by atoms with Gasteiger partial charge in [-0.3, -0.25) is 4.90 Å². The van der Waals surface area contributed by atoms with E-state index in [1.807, 2.05) is 0 Å². The molecule has 4 unspecified atom stereocenters. The van der Waals surface area contributed by atoms with E-state index in [-0.39, 0.29) is 24.4 Å². The van der Waals surface area contributed by atoms with Crippen molar-refractivity contribution >= 4 is 0 Å². The van der Waals surface area contributed by atoms with E-state index in [2.05, 4.69) is 39.6 Å². The molecule has 1 aliphatic heterocycles. The molecule has 5 nitrogen and oxygen atoms in total. The normalized spacial score (nSPS) is 26.0. The first-order chi connectivity index (χ1) is 13.7. The summed E-state index contributed by atoms with van der Waals surface area (Å²) >= 11 is 0. The van der Waals surface area contributed by atoms with Crippen LogP contribution in [0.5, 0.6) is 0 Å². The summed E-state index contributed by atoms with van der Waals surface area (Å²) in [6.45, 7) is 13.5. The van der Waals surface area contributed by atoms with Gasteiger partial charge in [0.2, 0.25) is 0 Å². The summed E-state index contributed by atoms with van der Waals surface area (Å²) in [6.07, 6.45) is 8.97. The summed E-state index contributed by atoms with van der Waals surface area (Å²) in [5, 5.41) is 0. The number of rotatable bonds is 17. The average Bonchev–Trinajstić information content (AvgIpc) is 2.69. The van der Waals surface area contributed by atoms with Gasteiger partial charge in [0.25, 0.3) is 0 Å². The van der Waals surface area contributed by atoms with Gasteiger partial charge >= 0.3 is 0 Å². The van der Waals surface area contributed by atoms with E-state index in [0.29, 0.717) is 6.61 Å². The highest BCUT2D eigenvalue weighted by Crippen LogP contribution is 2.26. The van der Waals surface area contributed by atoms with Crippen LogP contribution in [0.4, 0.5) is 0 Å².